The van der Waals surface area contributed by atoms with Crippen molar-refractivity contribution >= 4 is 11.6 Å². The Kier molecular flexibility index (Phi) is 5.32. The number of aliphatic hydroxyl groups is 1. The maximum atomic E-state index is 11.8. The summed E-state index contributed by atoms with van der Waals surface area (Å²) in [7, 11) is 0. The predicted molar refractivity (Wildman–Crippen MR) is 73.0 cm³/mol. The van der Waals surface area contributed by atoms with Crippen LogP contribution in [0.15, 0.2) is 30.3 Å². The molecule has 5 heteroatoms. The molecule has 1 aliphatic heterocycles. The Bertz CT molecular complexity index is 397. The molecule has 0 aromatic heterocycles. The van der Waals surface area contributed by atoms with Crippen molar-refractivity contribution in [3.63, 3.8) is 0 Å². The molecule has 104 valence electrons. The summed E-state index contributed by atoms with van der Waals surface area (Å²) < 4.78 is 5.30. The molecule has 0 spiro atoms. The van der Waals surface area contributed by atoms with Crippen molar-refractivity contribution in [2.24, 2.45) is 0 Å². The second-order valence-electron chi connectivity index (χ2n) is 4.61. The van der Waals surface area contributed by atoms with Crippen molar-refractivity contribution in [3.05, 3.63) is 30.3 Å². The van der Waals surface area contributed by atoms with Crippen LogP contribution in [0.25, 0.3) is 0 Å². The van der Waals surface area contributed by atoms with Gasteiger partial charge in [-0.25, -0.2) is 0 Å². The van der Waals surface area contributed by atoms with Crippen LogP contribution in [0.3, 0.4) is 0 Å². The summed E-state index contributed by atoms with van der Waals surface area (Å²) in [6, 6.07) is 9.43. The Morgan fingerprint density at radius 2 is 2.21 bits per heavy atom. The summed E-state index contributed by atoms with van der Waals surface area (Å²) in [6.07, 6.45) is 0.422. The molecular weight excluding hydrogens is 244 g/mol. The average Bonchev–Trinajstić information content (AvgIpc) is 2.46. The van der Waals surface area contributed by atoms with Crippen LogP contribution >= 0.6 is 0 Å². The molecule has 1 atom stereocenters. The number of amides is 1. The number of aliphatic hydroxyl groups excluding tert-OH is 1. The van der Waals surface area contributed by atoms with Crippen LogP contribution < -0.4 is 5.32 Å². The molecule has 0 bridgehead atoms. The minimum absolute atomic E-state index is 0.00520. The van der Waals surface area contributed by atoms with Crippen molar-refractivity contribution in [3.8, 4) is 0 Å². The molecule has 1 heterocycles. The Morgan fingerprint density at radius 3 is 2.95 bits per heavy atom. The van der Waals surface area contributed by atoms with Crippen LogP contribution in [0.1, 0.15) is 6.42 Å². The molecule has 1 unspecified atom stereocenters. The number of nitrogens with zero attached hydrogens (tertiary/aromatic N) is 1. The Hall–Kier alpha value is -1.43. The topological polar surface area (TPSA) is 61.8 Å². The van der Waals surface area contributed by atoms with Crippen molar-refractivity contribution in [2.45, 2.75) is 12.5 Å². The number of carbonyl (C=O) groups is 1. The van der Waals surface area contributed by atoms with E-state index in [0.717, 1.165) is 12.2 Å². The number of benzene rings is 1. The number of para-hydroxylation sites is 1. The van der Waals surface area contributed by atoms with Gasteiger partial charge in [-0.3, -0.25) is 9.69 Å². The van der Waals surface area contributed by atoms with Crippen LogP contribution in [0.4, 0.5) is 5.69 Å². The highest BCUT2D eigenvalue weighted by molar-refractivity contribution is 5.90. The molecule has 1 fully saturated rings. The van der Waals surface area contributed by atoms with Crippen molar-refractivity contribution in [1.29, 1.82) is 0 Å². The highest BCUT2D eigenvalue weighted by Gasteiger charge is 2.22. The highest BCUT2D eigenvalue weighted by Crippen LogP contribution is 2.09. The molecule has 1 aromatic carbocycles. The monoisotopic (exact) mass is 264 g/mol. The minimum atomic E-state index is -0.00520. The average molecular weight is 264 g/mol. The van der Waals surface area contributed by atoms with Crippen LogP contribution in [0.2, 0.25) is 0 Å². The number of ether oxygens (including phenoxy) is 1. The molecule has 5 nitrogen and oxygen atoms in total. The zero-order valence-corrected chi connectivity index (χ0v) is 10.9. The lowest BCUT2D eigenvalue weighted by Crippen LogP contribution is -2.48. The molecule has 2 N–H and O–H groups in total. The van der Waals surface area contributed by atoms with Gasteiger partial charge >= 0.3 is 0 Å². The smallest absolute Gasteiger partial charge is 0.225 e. The fourth-order valence-electron chi connectivity index (χ4n) is 2.14. The lowest BCUT2D eigenvalue weighted by Gasteiger charge is -2.34. The highest BCUT2D eigenvalue weighted by atomic mass is 16.5. The van der Waals surface area contributed by atoms with E-state index in [-0.39, 0.29) is 18.6 Å². The van der Waals surface area contributed by atoms with E-state index in [0.29, 0.717) is 26.2 Å². The normalized spacial score (nSPS) is 20.2. The summed E-state index contributed by atoms with van der Waals surface area (Å²) >= 11 is 0. The number of carbonyl (C=O) groups excluding carboxylic acids is 1. The van der Waals surface area contributed by atoms with Crippen LogP contribution in [0.5, 0.6) is 0 Å². The summed E-state index contributed by atoms with van der Waals surface area (Å²) in [4.78, 5) is 13.9. The van der Waals surface area contributed by atoms with E-state index >= 15 is 0 Å². The number of anilines is 1. The molecule has 2 rings (SSSR count). The van der Waals surface area contributed by atoms with Crippen molar-refractivity contribution < 1.29 is 14.6 Å². The first-order chi connectivity index (χ1) is 9.29. The fourth-order valence-corrected chi connectivity index (χ4v) is 2.14. The third kappa shape index (κ3) is 4.31. The SMILES string of the molecule is O=C(CCN1CCOCC1CO)Nc1ccccc1. The van der Waals surface area contributed by atoms with Crippen LogP contribution in [-0.2, 0) is 9.53 Å². The second kappa shape index (κ2) is 7.23. The van der Waals surface area contributed by atoms with Gasteiger partial charge in [0, 0.05) is 25.2 Å². The van der Waals surface area contributed by atoms with E-state index in [4.69, 9.17) is 4.74 Å². The number of hydrogen-bond donors (Lipinski definition) is 2. The number of nitrogens with one attached hydrogen (secondary N) is 1. The standard InChI is InChI=1S/C14H20N2O3/c17-10-13-11-19-9-8-16(13)7-6-14(18)15-12-4-2-1-3-5-12/h1-5,13,17H,6-11H2,(H,15,18). The molecule has 1 aromatic rings. The van der Waals surface area contributed by atoms with Gasteiger partial charge in [0.25, 0.3) is 0 Å². The van der Waals surface area contributed by atoms with Gasteiger partial charge in [-0.2, -0.15) is 0 Å². The number of morpholine rings is 1. The van der Waals surface area contributed by atoms with E-state index in [2.05, 4.69) is 10.2 Å². The summed E-state index contributed by atoms with van der Waals surface area (Å²) in [5.41, 5.74) is 0.813. The summed E-state index contributed by atoms with van der Waals surface area (Å²) in [5.74, 6) is -0.00520. The second-order valence-corrected chi connectivity index (χ2v) is 4.61. The van der Waals surface area contributed by atoms with E-state index in [9.17, 15) is 9.90 Å². The first-order valence-corrected chi connectivity index (χ1v) is 6.57. The van der Waals surface area contributed by atoms with Gasteiger partial charge in [0.05, 0.1) is 25.9 Å². The quantitative estimate of drug-likeness (QED) is 0.822. The lowest BCUT2D eigenvalue weighted by molar-refractivity contribution is -0.117. The molecule has 0 radical (unpaired) electrons. The molecule has 0 aliphatic carbocycles. The predicted octanol–water partition coefficient (Wildman–Crippen LogP) is 0.708. The van der Waals surface area contributed by atoms with Gasteiger partial charge in [-0.05, 0) is 12.1 Å². The molecule has 1 aliphatic rings. The van der Waals surface area contributed by atoms with Crippen LogP contribution in [-0.4, -0.2) is 54.9 Å². The summed E-state index contributed by atoms with van der Waals surface area (Å²) in [6.45, 7) is 2.69. The minimum Gasteiger partial charge on any atom is -0.395 e. The largest absolute Gasteiger partial charge is 0.395 e. The van der Waals surface area contributed by atoms with Gasteiger partial charge in [0.1, 0.15) is 0 Å². The fraction of sp³-hybridized carbons (Fsp3) is 0.500. The van der Waals surface area contributed by atoms with Gasteiger partial charge in [0.2, 0.25) is 5.91 Å². The van der Waals surface area contributed by atoms with Gasteiger partial charge < -0.3 is 15.2 Å². The third-order valence-electron chi connectivity index (χ3n) is 3.24. The van der Waals surface area contributed by atoms with E-state index in [1.165, 1.54) is 0 Å². The summed E-state index contributed by atoms with van der Waals surface area (Å²) in [5, 5.41) is 12.1. The van der Waals surface area contributed by atoms with Gasteiger partial charge in [0.15, 0.2) is 0 Å². The first-order valence-electron chi connectivity index (χ1n) is 6.57. The maximum absolute atomic E-state index is 11.8. The van der Waals surface area contributed by atoms with E-state index in [1.54, 1.807) is 0 Å². The maximum Gasteiger partial charge on any atom is 0.225 e. The Balaban J connectivity index is 1.76. The number of hydrogen-bond acceptors (Lipinski definition) is 4. The van der Waals surface area contributed by atoms with Crippen LogP contribution in [0, 0.1) is 0 Å². The zero-order valence-electron chi connectivity index (χ0n) is 10.9. The number of rotatable bonds is 5. The molecule has 1 amide bonds. The molecule has 1 saturated heterocycles. The van der Waals surface area contributed by atoms with E-state index in [1.807, 2.05) is 30.3 Å². The molecule has 19 heavy (non-hydrogen) atoms. The van der Waals surface area contributed by atoms with Crippen molar-refractivity contribution in [2.75, 3.05) is 38.2 Å². The lowest BCUT2D eigenvalue weighted by atomic mass is 10.2. The third-order valence-corrected chi connectivity index (χ3v) is 3.24. The van der Waals surface area contributed by atoms with Gasteiger partial charge in [-0.1, -0.05) is 18.2 Å². The van der Waals surface area contributed by atoms with Gasteiger partial charge in [-0.15, -0.1) is 0 Å². The Morgan fingerprint density at radius 1 is 1.42 bits per heavy atom. The van der Waals surface area contributed by atoms with Crippen molar-refractivity contribution in [1.82, 2.24) is 4.90 Å². The first kappa shape index (κ1) is 14.0. The Labute approximate surface area is 113 Å². The van der Waals surface area contributed by atoms with E-state index < -0.39 is 0 Å². The molecular formula is C14H20N2O3. The zero-order chi connectivity index (χ0) is 13.5. The molecule has 0 saturated carbocycles.